The Morgan fingerprint density at radius 3 is 2.74 bits per heavy atom. The summed E-state index contributed by atoms with van der Waals surface area (Å²) in [6.07, 6.45) is 1.15. The Kier molecular flexibility index (Phi) is 4.37. The van der Waals surface area contributed by atoms with Crippen LogP contribution in [0.5, 0.6) is 0 Å². The van der Waals surface area contributed by atoms with E-state index in [1.807, 2.05) is 18.0 Å². The SMILES string of the molecule is CNCc1ccc(F)c(N2CCC(C(=O)O)CC2)c1. The summed E-state index contributed by atoms with van der Waals surface area (Å²) in [5, 5.41) is 12.0. The van der Waals surface area contributed by atoms with E-state index >= 15 is 0 Å². The van der Waals surface area contributed by atoms with Crippen molar-refractivity contribution in [2.75, 3.05) is 25.0 Å². The summed E-state index contributed by atoms with van der Waals surface area (Å²) < 4.78 is 13.9. The number of carbonyl (C=O) groups is 1. The molecule has 5 heteroatoms. The molecule has 0 spiro atoms. The van der Waals surface area contributed by atoms with Gasteiger partial charge in [0.2, 0.25) is 0 Å². The molecule has 1 fully saturated rings. The van der Waals surface area contributed by atoms with Gasteiger partial charge < -0.3 is 15.3 Å². The topological polar surface area (TPSA) is 52.6 Å². The fourth-order valence-electron chi connectivity index (χ4n) is 2.48. The number of piperidine rings is 1. The molecule has 1 aliphatic rings. The molecule has 1 aromatic carbocycles. The molecule has 0 atom stereocenters. The van der Waals surface area contributed by atoms with Gasteiger partial charge in [0, 0.05) is 19.6 Å². The van der Waals surface area contributed by atoms with Crippen molar-refractivity contribution >= 4 is 11.7 Å². The van der Waals surface area contributed by atoms with Crippen molar-refractivity contribution < 1.29 is 14.3 Å². The van der Waals surface area contributed by atoms with E-state index in [1.165, 1.54) is 6.07 Å². The molecule has 1 aromatic rings. The highest BCUT2D eigenvalue weighted by atomic mass is 19.1. The summed E-state index contributed by atoms with van der Waals surface area (Å²) in [4.78, 5) is 12.8. The van der Waals surface area contributed by atoms with E-state index in [-0.39, 0.29) is 11.7 Å². The highest BCUT2D eigenvalue weighted by molar-refractivity contribution is 5.70. The van der Waals surface area contributed by atoms with Crippen molar-refractivity contribution in [3.8, 4) is 0 Å². The Labute approximate surface area is 112 Å². The first-order valence-corrected chi connectivity index (χ1v) is 6.52. The zero-order valence-electron chi connectivity index (χ0n) is 11.0. The van der Waals surface area contributed by atoms with Gasteiger partial charge in [0.1, 0.15) is 5.82 Å². The van der Waals surface area contributed by atoms with Crippen LogP contribution in [0.15, 0.2) is 18.2 Å². The minimum absolute atomic E-state index is 0.242. The summed E-state index contributed by atoms with van der Waals surface area (Å²) in [5.41, 5.74) is 1.61. The second-order valence-corrected chi connectivity index (χ2v) is 4.92. The summed E-state index contributed by atoms with van der Waals surface area (Å²) in [7, 11) is 1.85. The van der Waals surface area contributed by atoms with Crippen LogP contribution in [0.25, 0.3) is 0 Å². The number of carboxylic acids is 1. The average Bonchev–Trinajstić information content (AvgIpc) is 2.41. The third-order valence-corrected chi connectivity index (χ3v) is 3.58. The van der Waals surface area contributed by atoms with Crippen LogP contribution in [-0.2, 0) is 11.3 Å². The second-order valence-electron chi connectivity index (χ2n) is 4.92. The first-order chi connectivity index (χ1) is 9.11. The number of nitrogens with one attached hydrogen (secondary N) is 1. The van der Waals surface area contributed by atoms with Crippen LogP contribution in [0.3, 0.4) is 0 Å². The Hall–Kier alpha value is -1.62. The number of rotatable bonds is 4. The highest BCUT2D eigenvalue weighted by Crippen LogP contribution is 2.26. The number of hydrogen-bond donors (Lipinski definition) is 2. The molecule has 0 saturated carbocycles. The molecular weight excluding hydrogens is 247 g/mol. The molecule has 0 amide bonds. The van der Waals surface area contributed by atoms with Gasteiger partial charge in [0.15, 0.2) is 0 Å². The molecule has 0 aromatic heterocycles. The molecule has 1 aliphatic heterocycles. The van der Waals surface area contributed by atoms with E-state index in [0.29, 0.717) is 38.2 Å². The van der Waals surface area contributed by atoms with Crippen LogP contribution in [0.1, 0.15) is 18.4 Å². The number of halogens is 1. The van der Waals surface area contributed by atoms with E-state index in [4.69, 9.17) is 5.11 Å². The van der Waals surface area contributed by atoms with Crippen LogP contribution in [0.2, 0.25) is 0 Å². The molecule has 0 radical (unpaired) electrons. The third kappa shape index (κ3) is 3.23. The zero-order chi connectivity index (χ0) is 13.8. The Bertz CT molecular complexity index is 457. The molecule has 1 saturated heterocycles. The quantitative estimate of drug-likeness (QED) is 0.873. The van der Waals surface area contributed by atoms with E-state index in [1.54, 1.807) is 6.07 Å². The van der Waals surface area contributed by atoms with Crippen LogP contribution in [-0.4, -0.2) is 31.2 Å². The average molecular weight is 266 g/mol. The monoisotopic (exact) mass is 266 g/mol. The van der Waals surface area contributed by atoms with Crippen molar-refractivity contribution in [1.29, 1.82) is 0 Å². The predicted molar refractivity (Wildman–Crippen MR) is 71.7 cm³/mol. The number of carboxylic acid groups (broad SMARTS) is 1. The van der Waals surface area contributed by atoms with Crippen LogP contribution in [0.4, 0.5) is 10.1 Å². The van der Waals surface area contributed by atoms with Gasteiger partial charge in [0.25, 0.3) is 0 Å². The molecule has 1 heterocycles. The standard InChI is InChI=1S/C14H19FN2O2/c1-16-9-10-2-3-12(15)13(8-10)17-6-4-11(5-7-17)14(18)19/h2-3,8,11,16H,4-7,9H2,1H3,(H,18,19). The van der Waals surface area contributed by atoms with Crippen LogP contribution < -0.4 is 10.2 Å². The van der Waals surface area contributed by atoms with Gasteiger partial charge in [-0.1, -0.05) is 6.07 Å². The van der Waals surface area contributed by atoms with Gasteiger partial charge in [-0.2, -0.15) is 0 Å². The van der Waals surface area contributed by atoms with Crippen LogP contribution in [0, 0.1) is 11.7 Å². The third-order valence-electron chi connectivity index (χ3n) is 3.58. The lowest BCUT2D eigenvalue weighted by atomic mass is 9.96. The molecule has 2 rings (SSSR count). The fourth-order valence-corrected chi connectivity index (χ4v) is 2.48. The molecule has 0 unspecified atom stereocenters. The Morgan fingerprint density at radius 2 is 2.16 bits per heavy atom. The van der Waals surface area contributed by atoms with Gasteiger partial charge in [-0.3, -0.25) is 4.79 Å². The number of aliphatic carboxylic acids is 1. The van der Waals surface area contributed by atoms with Crippen molar-refractivity contribution in [2.45, 2.75) is 19.4 Å². The lowest BCUT2D eigenvalue weighted by Crippen LogP contribution is -2.36. The van der Waals surface area contributed by atoms with Crippen molar-refractivity contribution in [2.24, 2.45) is 5.92 Å². The van der Waals surface area contributed by atoms with Crippen molar-refractivity contribution in [3.05, 3.63) is 29.6 Å². The van der Waals surface area contributed by atoms with E-state index < -0.39 is 5.97 Å². The number of anilines is 1. The zero-order valence-corrected chi connectivity index (χ0v) is 11.0. The van der Waals surface area contributed by atoms with Crippen molar-refractivity contribution in [3.63, 3.8) is 0 Å². The summed E-state index contributed by atoms with van der Waals surface area (Å²) in [6.45, 7) is 1.88. The number of nitrogens with zero attached hydrogens (tertiary/aromatic N) is 1. The number of benzene rings is 1. The molecule has 19 heavy (non-hydrogen) atoms. The maximum absolute atomic E-state index is 13.9. The fraction of sp³-hybridized carbons (Fsp3) is 0.500. The van der Waals surface area contributed by atoms with E-state index in [0.717, 1.165) is 5.56 Å². The largest absolute Gasteiger partial charge is 0.481 e. The molecule has 104 valence electrons. The van der Waals surface area contributed by atoms with E-state index in [9.17, 15) is 9.18 Å². The van der Waals surface area contributed by atoms with Crippen molar-refractivity contribution in [1.82, 2.24) is 5.32 Å². The molecule has 2 N–H and O–H groups in total. The summed E-state index contributed by atoms with van der Waals surface area (Å²) >= 11 is 0. The number of hydrogen-bond acceptors (Lipinski definition) is 3. The van der Waals surface area contributed by atoms with Gasteiger partial charge in [-0.15, -0.1) is 0 Å². The Morgan fingerprint density at radius 1 is 1.47 bits per heavy atom. The lowest BCUT2D eigenvalue weighted by Gasteiger charge is -2.32. The molecule has 0 bridgehead atoms. The maximum Gasteiger partial charge on any atom is 0.306 e. The smallest absolute Gasteiger partial charge is 0.306 e. The highest BCUT2D eigenvalue weighted by Gasteiger charge is 2.25. The summed E-state index contributed by atoms with van der Waals surface area (Å²) in [5.74, 6) is -1.28. The van der Waals surface area contributed by atoms with Gasteiger partial charge in [-0.05, 0) is 37.6 Å². The molecular formula is C14H19FN2O2. The van der Waals surface area contributed by atoms with Gasteiger partial charge in [0.05, 0.1) is 11.6 Å². The van der Waals surface area contributed by atoms with E-state index in [2.05, 4.69) is 5.32 Å². The molecule has 4 nitrogen and oxygen atoms in total. The second kappa shape index (κ2) is 6.02. The van der Waals surface area contributed by atoms with Gasteiger partial charge >= 0.3 is 5.97 Å². The first kappa shape index (κ1) is 13.8. The first-order valence-electron chi connectivity index (χ1n) is 6.52. The molecule has 0 aliphatic carbocycles. The Balaban J connectivity index is 2.10. The normalized spacial score (nSPS) is 16.6. The lowest BCUT2D eigenvalue weighted by molar-refractivity contribution is -0.142. The van der Waals surface area contributed by atoms with Gasteiger partial charge in [-0.25, -0.2) is 4.39 Å². The summed E-state index contributed by atoms with van der Waals surface area (Å²) in [6, 6.07) is 5.08. The minimum Gasteiger partial charge on any atom is -0.481 e. The minimum atomic E-state index is -0.746. The maximum atomic E-state index is 13.9. The predicted octanol–water partition coefficient (Wildman–Crippen LogP) is 1.85. The van der Waals surface area contributed by atoms with Crippen LogP contribution >= 0.6 is 0 Å².